The number of nitrogens with two attached hydrogens (primary N) is 1. The molecule has 0 amide bonds. The van der Waals surface area contributed by atoms with Gasteiger partial charge < -0.3 is 11.1 Å². The van der Waals surface area contributed by atoms with E-state index >= 15 is 0 Å². The van der Waals surface area contributed by atoms with Gasteiger partial charge in [0.05, 0.1) is 11.3 Å². The van der Waals surface area contributed by atoms with Gasteiger partial charge in [-0.15, -0.1) is 0 Å². The molecular formula is C12H9BrN4. The van der Waals surface area contributed by atoms with Crippen LogP contribution in [0, 0.1) is 11.3 Å². The van der Waals surface area contributed by atoms with Crippen LogP contribution < -0.4 is 11.1 Å². The van der Waals surface area contributed by atoms with Gasteiger partial charge in [0, 0.05) is 22.4 Å². The first-order chi connectivity index (χ1) is 8.19. The zero-order valence-electron chi connectivity index (χ0n) is 8.81. The van der Waals surface area contributed by atoms with E-state index in [0.717, 1.165) is 15.8 Å². The maximum Gasteiger partial charge on any atom is 0.125 e. The molecule has 0 bridgehead atoms. The second-order valence-electron chi connectivity index (χ2n) is 3.40. The summed E-state index contributed by atoms with van der Waals surface area (Å²) in [6, 6.07) is 11.1. The minimum Gasteiger partial charge on any atom is -0.384 e. The van der Waals surface area contributed by atoms with Crippen LogP contribution in [0.1, 0.15) is 5.56 Å². The minimum atomic E-state index is 0.436. The third-order valence-electron chi connectivity index (χ3n) is 2.16. The van der Waals surface area contributed by atoms with Crippen molar-refractivity contribution < 1.29 is 0 Å². The van der Waals surface area contributed by atoms with E-state index in [4.69, 9.17) is 11.0 Å². The number of hydrogen-bond acceptors (Lipinski definition) is 4. The minimum absolute atomic E-state index is 0.436. The Labute approximate surface area is 107 Å². The monoisotopic (exact) mass is 288 g/mol. The normalized spacial score (nSPS) is 9.65. The smallest absolute Gasteiger partial charge is 0.125 e. The Morgan fingerprint density at radius 3 is 2.82 bits per heavy atom. The Morgan fingerprint density at radius 1 is 1.29 bits per heavy atom. The Bertz CT molecular complexity index is 589. The predicted octanol–water partition coefficient (Wildman–Crippen LogP) is 3.04. The molecule has 2 rings (SSSR count). The van der Waals surface area contributed by atoms with Crippen molar-refractivity contribution in [3.05, 3.63) is 46.6 Å². The number of anilines is 3. The van der Waals surface area contributed by atoms with Crippen LogP contribution in [0.4, 0.5) is 17.2 Å². The van der Waals surface area contributed by atoms with E-state index in [0.29, 0.717) is 11.4 Å². The predicted molar refractivity (Wildman–Crippen MR) is 70.8 cm³/mol. The van der Waals surface area contributed by atoms with E-state index in [2.05, 4.69) is 32.3 Å². The first-order valence-electron chi connectivity index (χ1n) is 4.87. The van der Waals surface area contributed by atoms with E-state index in [-0.39, 0.29) is 0 Å². The quantitative estimate of drug-likeness (QED) is 0.891. The zero-order chi connectivity index (χ0) is 12.3. The van der Waals surface area contributed by atoms with Gasteiger partial charge in [0.2, 0.25) is 0 Å². The van der Waals surface area contributed by atoms with Crippen LogP contribution in [0.15, 0.2) is 41.0 Å². The van der Waals surface area contributed by atoms with Crippen molar-refractivity contribution in [2.75, 3.05) is 11.1 Å². The molecule has 0 saturated carbocycles. The van der Waals surface area contributed by atoms with Gasteiger partial charge in [-0.3, -0.25) is 0 Å². The zero-order valence-corrected chi connectivity index (χ0v) is 10.4. The summed E-state index contributed by atoms with van der Waals surface area (Å²) < 4.78 is 0.869. The van der Waals surface area contributed by atoms with Gasteiger partial charge in [-0.2, -0.15) is 5.26 Å². The van der Waals surface area contributed by atoms with E-state index < -0.39 is 0 Å². The molecule has 0 unspecified atom stereocenters. The largest absolute Gasteiger partial charge is 0.384 e. The highest BCUT2D eigenvalue weighted by atomic mass is 79.9. The summed E-state index contributed by atoms with van der Waals surface area (Å²) >= 11 is 3.33. The lowest BCUT2D eigenvalue weighted by Crippen LogP contribution is -1.96. The average molecular weight is 289 g/mol. The standard InChI is InChI=1S/C12H9BrN4/c13-9-1-2-11(8(5-9)7-14)17-10-3-4-16-12(15)6-10/h1-6H,(H3,15,16,17). The van der Waals surface area contributed by atoms with Crippen molar-refractivity contribution in [2.45, 2.75) is 0 Å². The number of halogens is 1. The SMILES string of the molecule is N#Cc1cc(Br)ccc1Nc1ccnc(N)c1. The van der Waals surface area contributed by atoms with Crippen molar-refractivity contribution in [3.63, 3.8) is 0 Å². The van der Waals surface area contributed by atoms with Gasteiger partial charge in [-0.05, 0) is 24.3 Å². The van der Waals surface area contributed by atoms with Crippen LogP contribution in [-0.2, 0) is 0 Å². The molecule has 0 aliphatic heterocycles. The van der Waals surface area contributed by atoms with Gasteiger partial charge in [-0.25, -0.2) is 4.98 Å². The van der Waals surface area contributed by atoms with Crippen molar-refractivity contribution in [3.8, 4) is 6.07 Å². The molecule has 0 fully saturated rings. The molecule has 1 aromatic heterocycles. The number of nitrogens with zero attached hydrogens (tertiary/aromatic N) is 2. The summed E-state index contributed by atoms with van der Waals surface area (Å²) in [5, 5.41) is 12.2. The third-order valence-corrected chi connectivity index (χ3v) is 2.66. The molecule has 0 radical (unpaired) electrons. The van der Waals surface area contributed by atoms with Crippen molar-refractivity contribution >= 4 is 33.1 Å². The van der Waals surface area contributed by atoms with Crippen molar-refractivity contribution in [1.82, 2.24) is 4.98 Å². The van der Waals surface area contributed by atoms with E-state index in [1.807, 2.05) is 12.1 Å². The van der Waals surface area contributed by atoms with Crippen LogP contribution in [0.25, 0.3) is 0 Å². The highest BCUT2D eigenvalue weighted by Gasteiger charge is 2.03. The molecule has 0 spiro atoms. The molecule has 2 aromatic rings. The Hall–Kier alpha value is -2.06. The molecule has 0 atom stereocenters. The topological polar surface area (TPSA) is 74.7 Å². The molecule has 0 saturated heterocycles. The van der Waals surface area contributed by atoms with E-state index in [9.17, 15) is 0 Å². The summed E-state index contributed by atoms with van der Waals surface area (Å²) in [4.78, 5) is 3.90. The first kappa shape index (κ1) is 11.4. The molecule has 0 aliphatic carbocycles. The maximum absolute atomic E-state index is 9.03. The molecule has 4 nitrogen and oxygen atoms in total. The van der Waals surface area contributed by atoms with Gasteiger partial charge in [0.25, 0.3) is 0 Å². The van der Waals surface area contributed by atoms with Gasteiger partial charge >= 0.3 is 0 Å². The molecule has 3 N–H and O–H groups in total. The molecular weight excluding hydrogens is 280 g/mol. The fourth-order valence-corrected chi connectivity index (χ4v) is 1.76. The van der Waals surface area contributed by atoms with Crippen LogP contribution >= 0.6 is 15.9 Å². The second kappa shape index (κ2) is 4.85. The van der Waals surface area contributed by atoms with Crippen LogP contribution in [0.3, 0.4) is 0 Å². The van der Waals surface area contributed by atoms with Crippen LogP contribution in [-0.4, -0.2) is 4.98 Å². The fraction of sp³-hybridized carbons (Fsp3) is 0. The second-order valence-corrected chi connectivity index (χ2v) is 4.31. The third kappa shape index (κ3) is 2.74. The highest BCUT2D eigenvalue weighted by Crippen LogP contribution is 2.24. The number of nitrogens with one attached hydrogen (secondary N) is 1. The Morgan fingerprint density at radius 2 is 2.12 bits per heavy atom. The lowest BCUT2D eigenvalue weighted by Gasteiger charge is -2.08. The summed E-state index contributed by atoms with van der Waals surface area (Å²) in [6.45, 7) is 0. The average Bonchev–Trinajstić information content (AvgIpc) is 2.31. The van der Waals surface area contributed by atoms with E-state index in [1.165, 1.54) is 0 Å². The number of pyridine rings is 1. The van der Waals surface area contributed by atoms with Crippen LogP contribution in [0.5, 0.6) is 0 Å². The highest BCUT2D eigenvalue weighted by molar-refractivity contribution is 9.10. The Balaban J connectivity index is 2.34. The molecule has 17 heavy (non-hydrogen) atoms. The molecule has 5 heteroatoms. The number of rotatable bonds is 2. The summed E-state index contributed by atoms with van der Waals surface area (Å²) in [6.07, 6.45) is 1.61. The fourth-order valence-electron chi connectivity index (χ4n) is 1.40. The number of benzene rings is 1. The van der Waals surface area contributed by atoms with Crippen molar-refractivity contribution in [1.29, 1.82) is 5.26 Å². The number of aromatic nitrogens is 1. The molecule has 1 heterocycles. The number of hydrogen-bond donors (Lipinski definition) is 2. The van der Waals surface area contributed by atoms with Crippen molar-refractivity contribution in [2.24, 2.45) is 0 Å². The Kier molecular flexibility index (Phi) is 3.26. The summed E-state index contributed by atoms with van der Waals surface area (Å²) in [5.41, 5.74) is 7.69. The number of nitriles is 1. The lowest BCUT2D eigenvalue weighted by atomic mass is 10.2. The van der Waals surface area contributed by atoms with E-state index in [1.54, 1.807) is 24.4 Å². The summed E-state index contributed by atoms with van der Waals surface area (Å²) in [7, 11) is 0. The molecule has 84 valence electrons. The first-order valence-corrected chi connectivity index (χ1v) is 5.66. The molecule has 0 aliphatic rings. The lowest BCUT2D eigenvalue weighted by molar-refractivity contribution is 1.33. The maximum atomic E-state index is 9.03. The van der Waals surface area contributed by atoms with Gasteiger partial charge in [0.1, 0.15) is 11.9 Å². The number of nitrogen functional groups attached to an aromatic ring is 1. The van der Waals surface area contributed by atoms with Crippen LogP contribution in [0.2, 0.25) is 0 Å². The summed E-state index contributed by atoms with van der Waals surface area (Å²) in [5.74, 6) is 0.436. The molecule has 1 aromatic carbocycles. The van der Waals surface area contributed by atoms with Gasteiger partial charge in [0.15, 0.2) is 0 Å². The van der Waals surface area contributed by atoms with Gasteiger partial charge in [-0.1, -0.05) is 15.9 Å².